The van der Waals surface area contributed by atoms with Gasteiger partial charge in [-0.1, -0.05) is 50.2 Å². The zero-order valence-corrected chi connectivity index (χ0v) is 15.4. The maximum absolute atomic E-state index is 12.6. The second kappa shape index (κ2) is 8.68. The van der Waals surface area contributed by atoms with Gasteiger partial charge in [0.2, 0.25) is 0 Å². The molecule has 3 rings (SSSR count). The highest BCUT2D eigenvalue weighted by atomic mass is 16.3. The minimum atomic E-state index is -0.0627. The van der Waals surface area contributed by atoms with Crippen LogP contribution in [0.15, 0.2) is 65.3 Å². The molecule has 3 aromatic rings. The predicted molar refractivity (Wildman–Crippen MR) is 105 cm³/mol. The Kier molecular flexibility index (Phi) is 6.08. The van der Waals surface area contributed by atoms with E-state index in [1.807, 2.05) is 42.5 Å². The Bertz CT molecular complexity index is 839. The molecule has 0 spiro atoms. The van der Waals surface area contributed by atoms with Gasteiger partial charge >= 0.3 is 0 Å². The maximum Gasteiger partial charge on any atom is 0.252 e. The lowest BCUT2D eigenvalue weighted by Gasteiger charge is -2.21. The summed E-state index contributed by atoms with van der Waals surface area (Å²) < 4.78 is 5.38. The van der Waals surface area contributed by atoms with Gasteiger partial charge in [-0.25, -0.2) is 0 Å². The molecule has 1 amide bonds. The second-order valence-electron chi connectivity index (χ2n) is 7.04. The molecule has 0 saturated carbocycles. The van der Waals surface area contributed by atoms with Crippen LogP contribution in [0.3, 0.4) is 0 Å². The van der Waals surface area contributed by atoms with E-state index in [1.165, 1.54) is 5.56 Å². The van der Waals surface area contributed by atoms with E-state index in [4.69, 9.17) is 4.42 Å². The zero-order chi connectivity index (χ0) is 18.4. The predicted octanol–water partition coefficient (Wildman–Crippen LogP) is 4.37. The number of benzene rings is 2. The van der Waals surface area contributed by atoms with Gasteiger partial charge in [0.05, 0.1) is 11.8 Å². The average Bonchev–Trinajstić information content (AvgIpc) is 3.13. The summed E-state index contributed by atoms with van der Waals surface area (Å²) >= 11 is 0. The Labute approximate surface area is 154 Å². The van der Waals surface area contributed by atoms with E-state index in [-0.39, 0.29) is 11.9 Å². The molecule has 0 fully saturated rings. The fourth-order valence-corrected chi connectivity index (χ4v) is 3.17. The van der Waals surface area contributed by atoms with E-state index < -0.39 is 0 Å². The smallest absolute Gasteiger partial charge is 0.252 e. The molecular weight excluding hydrogens is 324 g/mol. The molecule has 0 aliphatic rings. The van der Waals surface area contributed by atoms with Crippen molar-refractivity contribution in [2.45, 2.75) is 32.9 Å². The summed E-state index contributed by atoms with van der Waals surface area (Å²) in [6, 6.07) is 17.9. The lowest BCUT2D eigenvalue weighted by Crippen LogP contribution is -2.41. The van der Waals surface area contributed by atoms with Crippen LogP contribution in [0, 0.1) is 5.92 Å². The highest BCUT2D eigenvalue weighted by molar-refractivity contribution is 6.05. The van der Waals surface area contributed by atoms with Crippen LogP contribution in [0.1, 0.15) is 36.2 Å². The Morgan fingerprint density at radius 3 is 2.62 bits per heavy atom. The molecule has 26 heavy (non-hydrogen) atoms. The van der Waals surface area contributed by atoms with Gasteiger partial charge in [0.1, 0.15) is 5.58 Å². The molecular formula is C22H26N2O2. The molecule has 0 bridgehead atoms. The number of hydrogen-bond donors (Lipinski definition) is 2. The van der Waals surface area contributed by atoms with Crippen molar-refractivity contribution in [1.29, 1.82) is 0 Å². The first-order valence-electron chi connectivity index (χ1n) is 9.15. The third kappa shape index (κ3) is 4.73. The number of nitrogens with one attached hydrogen (secondary N) is 2. The lowest BCUT2D eigenvalue weighted by molar-refractivity contribution is 0.0949. The summed E-state index contributed by atoms with van der Waals surface area (Å²) in [5.74, 6) is 0.491. The molecule has 1 heterocycles. The van der Waals surface area contributed by atoms with Gasteiger partial charge in [0.25, 0.3) is 5.91 Å². The first kappa shape index (κ1) is 18.2. The van der Waals surface area contributed by atoms with Crippen molar-refractivity contribution in [1.82, 2.24) is 10.6 Å². The second-order valence-corrected chi connectivity index (χ2v) is 7.04. The Balaban J connectivity index is 1.61. The SMILES string of the molecule is CC(C)CC(CNC(=O)c1cccc2occc12)NCc1ccccc1. The summed E-state index contributed by atoms with van der Waals surface area (Å²) in [6.07, 6.45) is 2.62. The van der Waals surface area contributed by atoms with Crippen molar-refractivity contribution in [2.75, 3.05) is 6.54 Å². The van der Waals surface area contributed by atoms with Crippen molar-refractivity contribution >= 4 is 16.9 Å². The topological polar surface area (TPSA) is 54.3 Å². The van der Waals surface area contributed by atoms with E-state index in [1.54, 1.807) is 6.26 Å². The quantitative estimate of drug-likeness (QED) is 0.634. The van der Waals surface area contributed by atoms with Crippen LogP contribution < -0.4 is 10.6 Å². The standard InChI is InChI=1S/C22H26N2O2/c1-16(2)13-18(23-14-17-7-4-3-5-8-17)15-24-22(25)20-9-6-10-21-19(20)11-12-26-21/h3-12,16,18,23H,13-15H2,1-2H3,(H,24,25). The van der Waals surface area contributed by atoms with Crippen molar-refractivity contribution in [3.05, 3.63) is 72.0 Å². The first-order chi connectivity index (χ1) is 12.6. The van der Waals surface area contributed by atoms with E-state index in [2.05, 4.69) is 36.6 Å². The maximum atomic E-state index is 12.6. The molecule has 0 saturated heterocycles. The molecule has 1 unspecified atom stereocenters. The monoisotopic (exact) mass is 350 g/mol. The third-order valence-corrected chi connectivity index (χ3v) is 4.44. The van der Waals surface area contributed by atoms with Crippen molar-refractivity contribution < 1.29 is 9.21 Å². The van der Waals surface area contributed by atoms with Gasteiger partial charge in [-0.05, 0) is 36.1 Å². The molecule has 2 N–H and O–H groups in total. The van der Waals surface area contributed by atoms with E-state index in [9.17, 15) is 4.79 Å². The summed E-state index contributed by atoms with van der Waals surface area (Å²) in [5, 5.41) is 7.50. The van der Waals surface area contributed by atoms with Crippen LogP contribution >= 0.6 is 0 Å². The highest BCUT2D eigenvalue weighted by Crippen LogP contribution is 2.19. The van der Waals surface area contributed by atoms with Gasteiger partial charge in [-0.15, -0.1) is 0 Å². The van der Waals surface area contributed by atoms with Crippen molar-refractivity contribution in [3.8, 4) is 0 Å². The van der Waals surface area contributed by atoms with Gasteiger partial charge in [0, 0.05) is 24.5 Å². The van der Waals surface area contributed by atoms with Gasteiger partial charge in [0.15, 0.2) is 0 Å². The molecule has 2 aromatic carbocycles. The Hall–Kier alpha value is -2.59. The summed E-state index contributed by atoms with van der Waals surface area (Å²) in [6.45, 7) is 5.79. The van der Waals surface area contributed by atoms with E-state index >= 15 is 0 Å². The number of carbonyl (C=O) groups excluding carboxylic acids is 1. The zero-order valence-electron chi connectivity index (χ0n) is 15.4. The summed E-state index contributed by atoms with van der Waals surface area (Å²) in [4.78, 5) is 12.6. The minimum Gasteiger partial charge on any atom is -0.464 e. The largest absolute Gasteiger partial charge is 0.464 e. The van der Waals surface area contributed by atoms with Crippen LogP contribution in [0.2, 0.25) is 0 Å². The lowest BCUT2D eigenvalue weighted by atomic mass is 10.0. The van der Waals surface area contributed by atoms with E-state index in [0.717, 1.165) is 23.9 Å². The number of amides is 1. The van der Waals surface area contributed by atoms with Crippen LogP contribution in [0.25, 0.3) is 11.0 Å². The minimum absolute atomic E-state index is 0.0627. The van der Waals surface area contributed by atoms with Crippen LogP contribution in [-0.4, -0.2) is 18.5 Å². The van der Waals surface area contributed by atoms with Gasteiger partial charge in [-0.2, -0.15) is 0 Å². The fourth-order valence-electron chi connectivity index (χ4n) is 3.17. The average molecular weight is 350 g/mol. The number of furan rings is 1. The van der Waals surface area contributed by atoms with Crippen molar-refractivity contribution in [3.63, 3.8) is 0 Å². The van der Waals surface area contributed by atoms with Crippen LogP contribution in [0.5, 0.6) is 0 Å². The highest BCUT2D eigenvalue weighted by Gasteiger charge is 2.15. The van der Waals surface area contributed by atoms with E-state index in [0.29, 0.717) is 18.0 Å². The molecule has 4 nitrogen and oxygen atoms in total. The van der Waals surface area contributed by atoms with Gasteiger partial charge < -0.3 is 15.1 Å². The number of hydrogen-bond acceptors (Lipinski definition) is 3. The normalized spacial score (nSPS) is 12.4. The molecule has 0 aliphatic heterocycles. The molecule has 1 aromatic heterocycles. The van der Waals surface area contributed by atoms with Crippen LogP contribution in [-0.2, 0) is 6.54 Å². The van der Waals surface area contributed by atoms with Crippen LogP contribution in [0.4, 0.5) is 0 Å². The third-order valence-electron chi connectivity index (χ3n) is 4.44. The molecule has 0 aliphatic carbocycles. The molecule has 4 heteroatoms. The Morgan fingerprint density at radius 2 is 1.85 bits per heavy atom. The number of carbonyl (C=O) groups is 1. The number of rotatable bonds is 8. The number of fused-ring (bicyclic) bond motifs is 1. The molecule has 136 valence electrons. The van der Waals surface area contributed by atoms with Crippen molar-refractivity contribution in [2.24, 2.45) is 5.92 Å². The molecule has 0 radical (unpaired) electrons. The fraction of sp³-hybridized carbons (Fsp3) is 0.318. The van der Waals surface area contributed by atoms with Gasteiger partial charge in [-0.3, -0.25) is 4.79 Å². The first-order valence-corrected chi connectivity index (χ1v) is 9.15. The molecule has 1 atom stereocenters. The summed E-state index contributed by atoms with van der Waals surface area (Å²) in [7, 11) is 0. The Morgan fingerprint density at radius 1 is 1.04 bits per heavy atom. The summed E-state index contributed by atoms with van der Waals surface area (Å²) in [5.41, 5.74) is 2.64.